The SMILES string of the molecule is CNC(Cc1cc(OC)ccc1Br)C1CCOC1. The number of hydrogen-bond donors (Lipinski definition) is 1. The van der Waals surface area contributed by atoms with Gasteiger partial charge in [0.05, 0.1) is 13.7 Å². The van der Waals surface area contributed by atoms with E-state index >= 15 is 0 Å². The van der Waals surface area contributed by atoms with E-state index in [1.165, 1.54) is 5.56 Å². The minimum absolute atomic E-state index is 0.455. The average Bonchev–Trinajstić information content (AvgIpc) is 2.91. The molecule has 1 saturated heterocycles. The lowest BCUT2D eigenvalue weighted by atomic mass is 9.93. The molecule has 1 heterocycles. The molecular weight excluding hydrogens is 294 g/mol. The van der Waals surface area contributed by atoms with Crippen LogP contribution in [0.4, 0.5) is 0 Å². The Morgan fingerprint density at radius 2 is 2.39 bits per heavy atom. The molecule has 2 rings (SSSR count). The Morgan fingerprint density at radius 1 is 1.56 bits per heavy atom. The van der Waals surface area contributed by atoms with Crippen molar-refractivity contribution in [1.29, 1.82) is 0 Å². The van der Waals surface area contributed by atoms with Crippen LogP contribution in [0, 0.1) is 5.92 Å². The van der Waals surface area contributed by atoms with Gasteiger partial charge in [-0.1, -0.05) is 15.9 Å². The fourth-order valence-electron chi connectivity index (χ4n) is 2.45. The second kappa shape index (κ2) is 6.55. The average molecular weight is 314 g/mol. The minimum atomic E-state index is 0.455. The Balaban J connectivity index is 2.10. The lowest BCUT2D eigenvalue weighted by Gasteiger charge is -2.22. The van der Waals surface area contributed by atoms with Gasteiger partial charge < -0.3 is 14.8 Å². The Bertz CT molecular complexity index is 391. The summed E-state index contributed by atoms with van der Waals surface area (Å²) in [6.45, 7) is 1.76. The normalized spacial score (nSPS) is 20.9. The predicted molar refractivity (Wildman–Crippen MR) is 76.2 cm³/mol. The molecular formula is C14H20BrNO2. The fraction of sp³-hybridized carbons (Fsp3) is 0.571. The van der Waals surface area contributed by atoms with Gasteiger partial charge in [-0.3, -0.25) is 0 Å². The van der Waals surface area contributed by atoms with Crippen LogP contribution in [0.25, 0.3) is 0 Å². The Hall–Kier alpha value is -0.580. The Kier molecular flexibility index (Phi) is 5.03. The molecule has 1 fully saturated rings. The standard InChI is InChI=1S/C14H20BrNO2/c1-16-14(10-5-6-18-9-10)8-11-7-12(17-2)3-4-13(11)15/h3-4,7,10,14,16H,5-6,8-9H2,1-2H3. The highest BCUT2D eigenvalue weighted by Crippen LogP contribution is 2.26. The van der Waals surface area contributed by atoms with E-state index in [-0.39, 0.29) is 0 Å². The summed E-state index contributed by atoms with van der Waals surface area (Å²) in [5.74, 6) is 1.51. The van der Waals surface area contributed by atoms with Crippen LogP contribution < -0.4 is 10.1 Å². The monoisotopic (exact) mass is 313 g/mol. The Morgan fingerprint density at radius 3 is 3.00 bits per heavy atom. The first-order valence-corrected chi connectivity index (χ1v) is 7.11. The minimum Gasteiger partial charge on any atom is -0.497 e. The summed E-state index contributed by atoms with van der Waals surface area (Å²) < 4.78 is 11.9. The zero-order chi connectivity index (χ0) is 13.0. The zero-order valence-electron chi connectivity index (χ0n) is 10.9. The van der Waals surface area contributed by atoms with E-state index in [9.17, 15) is 0 Å². The molecule has 0 spiro atoms. The number of nitrogens with one attached hydrogen (secondary N) is 1. The van der Waals surface area contributed by atoms with Gasteiger partial charge in [0.2, 0.25) is 0 Å². The van der Waals surface area contributed by atoms with Crippen molar-refractivity contribution in [3.63, 3.8) is 0 Å². The van der Waals surface area contributed by atoms with Crippen LogP contribution in [-0.4, -0.2) is 33.4 Å². The molecule has 0 aromatic heterocycles. The molecule has 0 bridgehead atoms. The third-order valence-corrected chi connectivity index (χ3v) is 4.37. The molecule has 0 saturated carbocycles. The van der Waals surface area contributed by atoms with Gasteiger partial charge in [-0.2, -0.15) is 0 Å². The highest BCUT2D eigenvalue weighted by atomic mass is 79.9. The summed E-state index contributed by atoms with van der Waals surface area (Å²) >= 11 is 3.61. The predicted octanol–water partition coefficient (Wildman–Crippen LogP) is 2.62. The van der Waals surface area contributed by atoms with E-state index in [2.05, 4.69) is 27.3 Å². The molecule has 2 atom stereocenters. The van der Waals surface area contributed by atoms with Gasteiger partial charge in [-0.15, -0.1) is 0 Å². The van der Waals surface area contributed by atoms with Crippen molar-refractivity contribution in [3.8, 4) is 5.75 Å². The fourth-order valence-corrected chi connectivity index (χ4v) is 2.85. The van der Waals surface area contributed by atoms with Crippen LogP contribution in [0.5, 0.6) is 5.75 Å². The number of hydrogen-bond acceptors (Lipinski definition) is 3. The number of likely N-dealkylation sites (N-methyl/N-ethyl adjacent to an activating group) is 1. The molecule has 2 unspecified atom stereocenters. The van der Waals surface area contributed by atoms with E-state index in [4.69, 9.17) is 9.47 Å². The van der Waals surface area contributed by atoms with Crippen LogP contribution in [-0.2, 0) is 11.2 Å². The van der Waals surface area contributed by atoms with Crippen LogP contribution in [0.2, 0.25) is 0 Å². The van der Waals surface area contributed by atoms with Crippen molar-refractivity contribution < 1.29 is 9.47 Å². The third-order valence-electron chi connectivity index (χ3n) is 3.60. The number of halogens is 1. The largest absolute Gasteiger partial charge is 0.497 e. The van der Waals surface area contributed by atoms with Crippen molar-refractivity contribution in [2.75, 3.05) is 27.4 Å². The molecule has 100 valence electrons. The molecule has 3 nitrogen and oxygen atoms in total. The molecule has 0 amide bonds. The van der Waals surface area contributed by atoms with Crippen LogP contribution in [0.1, 0.15) is 12.0 Å². The van der Waals surface area contributed by atoms with Crippen molar-refractivity contribution in [2.24, 2.45) is 5.92 Å². The van der Waals surface area contributed by atoms with Gasteiger partial charge in [0, 0.05) is 23.0 Å². The second-order valence-electron chi connectivity index (χ2n) is 4.68. The zero-order valence-corrected chi connectivity index (χ0v) is 12.5. The third kappa shape index (κ3) is 3.25. The van der Waals surface area contributed by atoms with Crippen molar-refractivity contribution in [2.45, 2.75) is 18.9 Å². The van der Waals surface area contributed by atoms with E-state index in [1.807, 2.05) is 19.2 Å². The molecule has 18 heavy (non-hydrogen) atoms. The van der Waals surface area contributed by atoms with Gasteiger partial charge in [-0.05, 0) is 43.7 Å². The molecule has 1 aromatic carbocycles. The first-order valence-electron chi connectivity index (χ1n) is 6.32. The van der Waals surface area contributed by atoms with E-state index < -0.39 is 0 Å². The maximum absolute atomic E-state index is 5.48. The van der Waals surface area contributed by atoms with Gasteiger partial charge in [-0.25, -0.2) is 0 Å². The smallest absolute Gasteiger partial charge is 0.119 e. The molecule has 4 heteroatoms. The van der Waals surface area contributed by atoms with Crippen molar-refractivity contribution in [1.82, 2.24) is 5.32 Å². The summed E-state index contributed by atoms with van der Waals surface area (Å²) in [5, 5.41) is 3.42. The van der Waals surface area contributed by atoms with Crippen LogP contribution in [0.15, 0.2) is 22.7 Å². The summed E-state index contributed by atoms with van der Waals surface area (Å²) in [4.78, 5) is 0. The number of benzene rings is 1. The Labute approximate surface area is 117 Å². The van der Waals surface area contributed by atoms with Gasteiger partial charge >= 0.3 is 0 Å². The lowest BCUT2D eigenvalue weighted by molar-refractivity contribution is 0.177. The topological polar surface area (TPSA) is 30.5 Å². The summed E-state index contributed by atoms with van der Waals surface area (Å²) in [7, 11) is 3.73. The molecule has 1 N–H and O–H groups in total. The maximum atomic E-state index is 5.48. The first kappa shape index (κ1) is 13.8. The summed E-state index contributed by atoms with van der Waals surface area (Å²) in [6.07, 6.45) is 2.13. The number of methoxy groups -OCH3 is 1. The maximum Gasteiger partial charge on any atom is 0.119 e. The molecule has 1 aromatic rings. The molecule has 0 aliphatic carbocycles. The highest BCUT2D eigenvalue weighted by Gasteiger charge is 2.25. The molecule has 1 aliphatic heterocycles. The quantitative estimate of drug-likeness (QED) is 0.906. The van der Waals surface area contributed by atoms with Crippen molar-refractivity contribution in [3.05, 3.63) is 28.2 Å². The van der Waals surface area contributed by atoms with Crippen LogP contribution >= 0.6 is 15.9 Å². The summed E-state index contributed by atoms with van der Waals surface area (Å²) in [6, 6.07) is 6.58. The highest BCUT2D eigenvalue weighted by molar-refractivity contribution is 9.10. The van der Waals surface area contributed by atoms with E-state index in [0.717, 1.165) is 36.3 Å². The van der Waals surface area contributed by atoms with Gasteiger partial charge in [0.15, 0.2) is 0 Å². The van der Waals surface area contributed by atoms with Gasteiger partial charge in [0.1, 0.15) is 5.75 Å². The van der Waals surface area contributed by atoms with Crippen LogP contribution in [0.3, 0.4) is 0 Å². The number of ether oxygens (including phenoxy) is 2. The van der Waals surface area contributed by atoms with Gasteiger partial charge in [0.25, 0.3) is 0 Å². The molecule has 0 radical (unpaired) electrons. The molecule has 1 aliphatic rings. The van der Waals surface area contributed by atoms with Crippen molar-refractivity contribution >= 4 is 15.9 Å². The summed E-state index contributed by atoms with van der Waals surface area (Å²) in [5.41, 5.74) is 1.28. The van der Waals surface area contributed by atoms with E-state index in [0.29, 0.717) is 12.0 Å². The van der Waals surface area contributed by atoms with E-state index in [1.54, 1.807) is 7.11 Å². The lowest BCUT2D eigenvalue weighted by Crippen LogP contribution is -2.36. The number of rotatable bonds is 5. The first-order chi connectivity index (χ1) is 8.74. The second-order valence-corrected chi connectivity index (χ2v) is 5.53.